The number of para-hydroxylation sites is 2. The SMILES string of the molecule is Cc1ccc(N2CC(C(=O)Nc3ccccc3NS(=O)(=O)c3ccccc3)CC2=O)cc1. The molecule has 4 rings (SSSR count). The summed E-state index contributed by atoms with van der Waals surface area (Å²) in [5.74, 6) is -0.992. The number of amides is 2. The Kier molecular flexibility index (Phi) is 5.96. The van der Waals surface area contributed by atoms with Gasteiger partial charge in [0, 0.05) is 18.7 Å². The van der Waals surface area contributed by atoms with Crippen LogP contribution in [0.5, 0.6) is 0 Å². The third-order valence-corrected chi connectivity index (χ3v) is 6.71. The molecule has 2 N–H and O–H groups in total. The molecule has 0 aliphatic carbocycles. The predicted octanol–water partition coefficient (Wildman–Crippen LogP) is 3.79. The van der Waals surface area contributed by atoms with E-state index in [0.717, 1.165) is 11.3 Å². The van der Waals surface area contributed by atoms with Gasteiger partial charge in [0.05, 0.1) is 22.2 Å². The van der Waals surface area contributed by atoms with E-state index in [-0.39, 0.29) is 35.4 Å². The van der Waals surface area contributed by atoms with E-state index in [1.54, 1.807) is 47.4 Å². The zero-order chi connectivity index (χ0) is 22.7. The van der Waals surface area contributed by atoms with Crippen LogP contribution in [0.2, 0.25) is 0 Å². The molecule has 3 aromatic rings. The molecule has 1 unspecified atom stereocenters. The predicted molar refractivity (Wildman–Crippen MR) is 124 cm³/mol. The number of benzene rings is 3. The van der Waals surface area contributed by atoms with Gasteiger partial charge in [-0.1, -0.05) is 48.0 Å². The summed E-state index contributed by atoms with van der Waals surface area (Å²) in [6, 6.07) is 22.1. The van der Waals surface area contributed by atoms with Crippen LogP contribution in [-0.4, -0.2) is 26.8 Å². The van der Waals surface area contributed by atoms with Crippen LogP contribution < -0.4 is 14.9 Å². The van der Waals surface area contributed by atoms with E-state index in [4.69, 9.17) is 0 Å². The fourth-order valence-corrected chi connectivity index (χ4v) is 4.68. The maximum Gasteiger partial charge on any atom is 0.261 e. The summed E-state index contributed by atoms with van der Waals surface area (Å²) in [6.45, 7) is 2.24. The lowest BCUT2D eigenvalue weighted by Crippen LogP contribution is -2.28. The second-order valence-electron chi connectivity index (χ2n) is 7.69. The molecule has 0 aromatic heterocycles. The minimum atomic E-state index is -3.81. The zero-order valence-electron chi connectivity index (χ0n) is 17.5. The average molecular weight is 450 g/mol. The maximum atomic E-state index is 12.9. The molecule has 2 amide bonds. The van der Waals surface area contributed by atoms with Crippen LogP contribution >= 0.6 is 0 Å². The minimum absolute atomic E-state index is 0.0949. The minimum Gasteiger partial charge on any atom is -0.324 e. The third-order valence-electron chi connectivity index (χ3n) is 5.32. The van der Waals surface area contributed by atoms with Gasteiger partial charge in [0.2, 0.25) is 11.8 Å². The molecule has 0 saturated carbocycles. The van der Waals surface area contributed by atoms with E-state index in [9.17, 15) is 18.0 Å². The van der Waals surface area contributed by atoms with Gasteiger partial charge < -0.3 is 10.2 Å². The molecule has 32 heavy (non-hydrogen) atoms. The number of hydrogen-bond acceptors (Lipinski definition) is 4. The second-order valence-corrected chi connectivity index (χ2v) is 9.38. The second kappa shape index (κ2) is 8.84. The van der Waals surface area contributed by atoms with Crippen molar-refractivity contribution in [2.45, 2.75) is 18.2 Å². The van der Waals surface area contributed by atoms with Crippen LogP contribution in [0.4, 0.5) is 17.1 Å². The summed E-state index contributed by atoms with van der Waals surface area (Å²) in [4.78, 5) is 27.1. The maximum absolute atomic E-state index is 12.9. The molecule has 1 aliphatic heterocycles. The van der Waals surface area contributed by atoms with Gasteiger partial charge in [-0.15, -0.1) is 0 Å². The summed E-state index contributed by atoms with van der Waals surface area (Å²) >= 11 is 0. The Bertz CT molecular complexity index is 1240. The van der Waals surface area contributed by atoms with Crippen LogP contribution in [0, 0.1) is 12.8 Å². The lowest BCUT2D eigenvalue weighted by molar-refractivity contribution is -0.122. The van der Waals surface area contributed by atoms with Gasteiger partial charge >= 0.3 is 0 Å². The highest BCUT2D eigenvalue weighted by molar-refractivity contribution is 7.92. The number of hydrogen-bond donors (Lipinski definition) is 2. The molecule has 8 heteroatoms. The van der Waals surface area contributed by atoms with Crippen molar-refractivity contribution in [2.24, 2.45) is 5.92 Å². The quantitative estimate of drug-likeness (QED) is 0.599. The first-order valence-electron chi connectivity index (χ1n) is 10.2. The van der Waals surface area contributed by atoms with Gasteiger partial charge in [-0.3, -0.25) is 14.3 Å². The van der Waals surface area contributed by atoms with Crippen LogP contribution in [-0.2, 0) is 19.6 Å². The van der Waals surface area contributed by atoms with Crippen molar-refractivity contribution in [1.29, 1.82) is 0 Å². The van der Waals surface area contributed by atoms with Gasteiger partial charge in [0.15, 0.2) is 0 Å². The van der Waals surface area contributed by atoms with Gasteiger partial charge in [-0.05, 0) is 43.3 Å². The lowest BCUT2D eigenvalue weighted by Gasteiger charge is -2.18. The molecule has 1 aliphatic rings. The molecule has 1 fully saturated rings. The summed E-state index contributed by atoms with van der Waals surface area (Å²) in [7, 11) is -3.81. The van der Waals surface area contributed by atoms with Crippen LogP contribution in [0.1, 0.15) is 12.0 Å². The number of nitrogens with one attached hydrogen (secondary N) is 2. The van der Waals surface area contributed by atoms with Crippen molar-refractivity contribution < 1.29 is 18.0 Å². The molecule has 7 nitrogen and oxygen atoms in total. The van der Waals surface area contributed by atoms with Gasteiger partial charge in [0.1, 0.15) is 0 Å². The van der Waals surface area contributed by atoms with E-state index in [1.165, 1.54) is 12.1 Å². The van der Waals surface area contributed by atoms with Crippen LogP contribution in [0.15, 0.2) is 83.8 Å². The first kappa shape index (κ1) is 21.6. The number of carbonyl (C=O) groups is 2. The fourth-order valence-electron chi connectivity index (χ4n) is 3.58. The first-order valence-corrected chi connectivity index (χ1v) is 11.7. The molecule has 0 bridgehead atoms. The summed E-state index contributed by atoms with van der Waals surface area (Å²) < 4.78 is 27.9. The molecular weight excluding hydrogens is 426 g/mol. The fraction of sp³-hybridized carbons (Fsp3) is 0.167. The monoisotopic (exact) mass is 449 g/mol. The van der Waals surface area contributed by atoms with E-state index in [1.807, 2.05) is 31.2 Å². The van der Waals surface area contributed by atoms with E-state index in [2.05, 4.69) is 10.0 Å². The molecule has 0 radical (unpaired) electrons. The largest absolute Gasteiger partial charge is 0.324 e. The third kappa shape index (κ3) is 4.65. The number of aryl methyl sites for hydroxylation is 1. The number of sulfonamides is 1. The Morgan fingerprint density at radius 3 is 2.22 bits per heavy atom. The van der Waals surface area contributed by atoms with Crippen molar-refractivity contribution in [2.75, 3.05) is 21.5 Å². The van der Waals surface area contributed by atoms with E-state index < -0.39 is 15.9 Å². The summed E-state index contributed by atoms with van der Waals surface area (Å²) in [6.07, 6.45) is 0.0949. The molecular formula is C24H23N3O4S. The van der Waals surface area contributed by atoms with E-state index >= 15 is 0 Å². The topological polar surface area (TPSA) is 95.6 Å². The van der Waals surface area contributed by atoms with Gasteiger partial charge in [-0.25, -0.2) is 8.42 Å². The normalized spacial score (nSPS) is 16.1. The summed E-state index contributed by atoms with van der Waals surface area (Å²) in [5.41, 5.74) is 2.43. The van der Waals surface area contributed by atoms with Gasteiger partial charge in [0.25, 0.3) is 10.0 Å². The number of rotatable bonds is 6. The standard InChI is InChI=1S/C24H23N3O4S/c1-17-11-13-19(14-12-17)27-16-18(15-23(27)28)24(29)25-21-9-5-6-10-22(21)26-32(30,31)20-7-3-2-4-8-20/h2-14,18,26H,15-16H2,1H3,(H,25,29). The number of anilines is 3. The lowest BCUT2D eigenvalue weighted by atomic mass is 10.1. The van der Waals surface area contributed by atoms with Crippen molar-refractivity contribution in [3.63, 3.8) is 0 Å². The zero-order valence-corrected chi connectivity index (χ0v) is 18.3. The Morgan fingerprint density at radius 2 is 1.53 bits per heavy atom. The number of nitrogens with zero attached hydrogens (tertiary/aromatic N) is 1. The Balaban J connectivity index is 1.49. The van der Waals surface area contributed by atoms with E-state index in [0.29, 0.717) is 5.69 Å². The van der Waals surface area contributed by atoms with Crippen molar-refractivity contribution in [3.8, 4) is 0 Å². The molecule has 1 saturated heterocycles. The van der Waals surface area contributed by atoms with Crippen molar-refractivity contribution in [1.82, 2.24) is 0 Å². The van der Waals surface area contributed by atoms with Crippen molar-refractivity contribution in [3.05, 3.63) is 84.4 Å². The highest BCUT2D eigenvalue weighted by Crippen LogP contribution is 2.29. The Labute approximate surface area is 187 Å². The highest BCUT2D eigenvalue weighted by Gasteiger charge is 2.35. The molecule has 0 spiro atoms. The van der Waals surface area contributed by atoms with Crippen LogP contribution in [0.25, 0.3) is 0 Å². The Hall–Kier alpha value is -3.65. The molecule has 1 atom stereocenters. The van der Waals surface area contributed by atoms with Crippen LogP contribution in [0.3, 0.4) is 0 Å². The van der Waals surface area contributed by atoms with Crippen molar-refractivity contribution >= 4 is 38.9 Å². The molecule has 1 heterocycles. The highest BCUT2D eigenvalue weighted by atomic mass is 32.2. The van der Waals surface area contributed by atoms with Gasteiger partial charge in [-0.2, -0.15) is 0 Å². The summed E-state index contributed by atoms with van der Waals surface area (Å²) in [5, 5.41) is 2.78. The molecule has 164 valence electrons. The Morgan fingerprint density at radius 1 is 0.906 bits per heavy atom. The molecule has 3 aromatic carbocycles. The number of carbonyl (C=O) groups excluding carboxylic acids is 2. The first-order chi connectivity index (χ1) is 15.3. The smallest absolute Gasteiger partial charge is 0.261 e. The average Bonchev–Trinajstić information content (AvgIpc) is 3.18.